The molecule has 0 aliphatic heterocycles. The van der Waals surface area contributed by atoms with E-state index in [1.165, 1.54) is 7.11 Å². The summed E-state index contributed by atoms with van der Waals surface area (Å²) in [6.45, 7) is 0. The van der Waals surface area contributed by atoms with Crippen LogP contribution in [0.15, 0.2) is 24.3 Å². The highest BCUT2D eigenvalue weighted by Crippen LogP contribution is 2.17. The van der Waals surface area contributed by atoms with E-state index in [1.807, 2.05) is 6.07 Å². The van der Waals surface area contributed by atoms with Crippen molar-refractivity contribution in [3.63, 3.8) is 0 Å². The van der Waals surface area contributed by atoms with Crippen molar-refractivity contribution in [3.05, 3.63) is 35.5 Å². The Morgan fingerprint density at radius 2 is 2.24 bits per heavy atom. The first-order chi connectivity index (χ1) is 8.24. The average molecular weight is 224 g/mol. The van der Waals surface area contributed by atoms with E-state index in [1.54, 1.807) is 24.3 Å². The van der Waals surface area contributed by atoms with Crippen LogP contribution in [0, 0.1) is 23.2 Å². The number of nitrogens with zero attached hydrogens (tertiary/aromatic N) is 1. The van der Waals surface area contributed by atoms with Gasteiger partial charge in [0.1, 0.15) is 5.69 Å². The number of ether oxygens (including phenoxy) is 1. The molecule has 2 rings (SSSR count). The van der Waals surface area contributed by atoms with Crippen molar-refractivity contribution < 1.29 is 9.53 Å². The zero-order chi connectivity index (χ0) is 12.3. The molecule has 0 spiro atoms. The minimum absolute atomic E-state index is 0.396. The van der Waals surface area contributed by atoms with Crippen molar-refractivity contribution in [2.45, 2.75) is 0 Å². The normalized spacial score (nSPS) is 9.18. The lowest BCUT2D eigenvalue weighted by Gasteiger charge is -1.92. The zero-order valence-corrected chi connectivity index (χ0v) is 9.07. The molecule has 1 N–H and O–H groups in total. The highest BCUT2D eigenvalue weighted by Gasteiger charge is 2.08. The number of benzene rings is 1. The maximum atomic E-state index is 11.3. The van der Waals surface area contributed by atoms with Crippen LogP contribution < -0.4 is 0 Å². The minimum Gasteiger partial charge on any atom is -0.464 e. The van der Waals surface area contributed by atoms with E-state index in [0.29, 0.717) is 5.69 Å². The SMILES string of the molecule is COC(=O)c1cc2ccc(C#CC#N)cc2[nH]1. The van der Waals surface area contributed by atoms with Crippen molar-refractivity contribution in [2.24, 2.45) is 0 Å². The summed E-state index contributed by atoms with van der Waals surface area (Å²) in [6, 6.07) is 8.87. The van der Waals surface area contributed by atoms with Gasteiger partial charge in [-0.05, 0) is 18.2 Å². The Labute approximate surface area is 97.8 Å². The summed E-state index contributed by atoms with van der Waals surface area (Å²) < 4.78 is 4.62. The highest BCUT2D eigenvalue weighted by atomic mass is 16.5. The van der Waals surface area contributed by atoms with Crippen LogP contribution in [-0.4, -0.2) is 18.1 Å². The smallest absolute Gasteiger partial charge is 0.354 e. The molecule has 0 amide bonds. The van der Waals surface area contributed by atoms with E-state index < -0.39 is 5.97 Å². The van der Waals surface area contributed by atoms with Gasteiger partial charge in [-0.15, -0.1) is 0 Å². The topological polar surface area (TPSA) is 65.9 Å². The molecule has 17 heavy (non-hydrogen) atoms. The fourth-order valence-corrected chi connectivity index (χ4v) is 1.52. The number of carbonyl (C=O) groups is 1. The lowest BCUT2D eigenvalue weighted by atomic mass is 10.2. The second kappa shape index (κ2) is 4.42. The monoisotopic (exact) mass is 224 g/mol. The molecule has 0 bridgehead atoms. The number of methoxy groups -OCH3 is 1. The number of fused-ring (bicyclic) bond motifs is 1. The van der Waals surface area contributed by atoms with Gasteiger partial charge >= 0.3 is 5.97 Å². The average Bonchev–Trinajstić information content (AvgIpc) is 2.78. The van der Waals surface area contributed by atoms with E-state index in [2.05, 4.69) is 21.6 Å². The van der Waals surface area contributed by atoms with E-state index in [4.69, 9.17) is 5.26 Å². The first-order valence-electron chi connectivity index (χ1n) is 4.86. The molecule has 0 radical (unpaired) electrons. The van der Waals surface area contributed by atoms with Crippen LogP contribution in [0.4, 0.5) is 0 Å². The van der Waals surface area contributed by atoms with Gasteiger partial charge in [0, 0.05) is 22.4 Å². The van der Waals surface area contributed by atoms with Crippen LogP contribution >= 0.6 is 0 Å². The number of aromatic nitrogens is 1. The van der Waals surface area contributed by atoms with E-state index >= 15 is 0 Å². The van der Waals surface area contributed by atoms with Gasteiger partial charge in [0.2, 0.25) is 0 Å². The fraction of sp³-hybridized carbons (Fsp3) is 0.0769. The quantitative estimate of drug-likeness (QED) is 0.593. The van der Waals surface area contributed by atoms with Gasteiger partial charge in [-0.3, -0.25) is 0 Å². The Balaban J connectivity index is 2.48. The number of nitriles is 1. The molecular weight excluding hydrogens is 216 g/mol. The van der Waals surface area contributed by atoms with Crippen LogP contribution in [0.25, 0.3) is 10.9 Å². The number of rotatable bonds is 1. The van der Waals surface area contributed by atoms with Gasteiger partial charge in [0.25, 0.3) is 0 Å². The lowest BCUT2D eigenvalue weighted by molar-refractivity contribution is 0.0595. The summed E-state index contributed by atoms with van der Waals surface area (Å²) >= 11 is 0. The third-order valence-electron chi connectivity index (χ3n) is 2.29. The number of H-pyrrole nitrogens is 1. The summed E-state index contributed by atoms with van der Waals surface area (Å²) in [6.07, 6.45) is 0. The highest BCUT2D eigenvalue weighted by molar-refractivity contribution is 5.95. The molecule has 0 aliphatic carbocycles. The summed E-state index contributed by atoms with van der Waals surface area (Å²) in [5.74, 6) is 4.60. The molecule has 0 aliphatic rings. The second-order valence-corrected chi connectivity index (χ2v) is 3.34. The molecule has 4 heteroatoms. The van der Waals surface area contributed by atoms with E-state index in [9.17, 15) is 4.79 Å². The molecule has 1 aromatic heterocycles. The Kier molecular flexibility index (Phi) is 2.81. The Hall–Kier alpha value is -2.72. The molecule has 0 saturated carbocycles. The Morgan fingerprint density at radius 3 is 2.94 bits per heavy atom. The predicted octanol–water partition coefficient (Wildman–Crippen LogP) is 1.83. The summed E-state index contributed by atoms with van der Waals surface area (Å²) in [5.41, 5.74) is 1.90. The summed E-state index contributed by atoms with van der Waals surface area (Å²) in [7, 11) is 1.33. The van der Waals surface area contributed by atoms with Gasteiger partial charge in [-0.1, -0.05) is 12.0 Å². The van der Waals surface area contributed by atoms with Crippen LogP contribution in [0.5, 0.6) is 0 Å². The maximum absolute atomic E-state index is 11.3. The van der Waals surface area contributed by atoms with Gasteiger partial charge in [0.05, 0.1) is 7.11 Å². The first kappa shape index (κ1) is 10.8. The Bertz CT molecular complexity index is 681. The van der Waals surface area contributed by atoms with Crippen LogP contribution in [0.2, 0.25) is 0 Å². The molecule has 1 aromatic carbocycles. The van der Waals surface area contributed by atoms with E-state index in [-0.39, 0.29) is 0 Å². The Morgan fingerprint density at radius 1 is 1.41 bits per heavy atom. The number of nitrogens with one attached hydrogen (secondary N) is 1. The number of hydrogen-bond acceptors (Lipinski definition) is 3. The lowest BCUT2D eigenvalue weighted by Crippen LogP contribution is -2.00. The molecule has 2 aromatic rings. The zero-order valence-electron chi connectivity index (χ0n) is 9.07. The van der Waals surface area contributed by atoms with Crippen molar-refractivity contribution in [1.82, 2.24) is 4.98 Å². The third-order valence-corrected chi connectivity index (χ3v) is 2.29. The number of carbonyl (C=O) groups excluding carboxylic acids is 1. The van der Waals surface area contributed by atoms with Gasteiger partial charge < -0.3 is 9.72 Å². The van der Waals surface area contributed by atoms with Crippen LogP contribution in [0.1, 0.15) is 16.1 Å². The standard InChI is InChI=1S/C13H8N2O2/c1-17-13(16)12-8-10-5-4-9(3-2-6-14)7-11(10)15-12/h4-5,7-8,15H,1H3. The molecule has 0 fully saturated rings. The molecule has 0 unspecified atom stereocenters. The molecule has 1 heterocycles. The van der Waals surface area contributed by atoms with Crippen molar-refractivity contribution in [2.75, 3.05) is 7.11 Å². The molecular formula is C13H8N2O2. The van der Waals surface area contributed by atoms with Crippen molar-refractivity contribution in [3.8, 4) is 17.9 Å². The van der Waals surface area contributed by atoms with Gasteiger partial charge in [-0.2, -0.15) is 5.26 Å². The third kappa shape index (κ3) is 2.11. The number of esters is 1. The van der Waals surface area contributed by atoms with Crippen LogP contribution in [0.3, 0.4) is 0 Å². The minimum atomic E-state index is -0.411. The first-order valence-corrected chi connectivity index (χ1v) is 4.86. The summed E-state index contributed by atoms with van der Waals surface area (Å²) in [5, 5.41) is 9.25. The maximum Gasteiger partial charge on any atom is 0.354 e. The van der Waals surface area contributed by atoms with Gasteiger partial charge in [-0.25, -0.2) is 4.79 Å². The van der Waals surface area contributed by atoms with Crippen LogP contribution in [-0.2, 0) is 4.74 Å². The second-order valence-electron chi connectivity index (χ2n) is 3.34. The van der Waals surface area contributed by atoms with E-state index in [0.717, 1.165) is 16.5 Å². The number of aromatic amines is 1. The number of hydrogen-bond donors (Lipinski definition) is 1. The van der Waals surface area contributed by atoms with Crippen molar-refractivity contribution in [1.29, 1.82) is 5.26 Å². The summed E-state index contributed by atoms with van der Waals surface area (Å²) in [4.78, 5) is 14.3. The molecule has 0 saturated heterocycles. The van der Waals surface area contributed by atoms with Gasteiger partial charge in [0.15, 0.2) is 6.07 Å². The molecule has 4 nitrogen and oxygen atoms in total. The fourth-order valence-electron chi connectivity index (χ4n) is 1.52. The molecule has 0 atom stereocenters. The van der Waals surface area contributed by atoms with Crippen molar-refractivity contribution >= 4 is 16.9 Å². The largest absolute Gasteiger partial charge is 0.464 e. The molecule has 82 valence electrons. The predicted molar refractivity (Wildman–Crippen MR) is 62.1 cm³/mol.